The second-order valence-electron chi connectivity index (χ2n) is 5.84. The third kappa shape index (κ3) is 3.15. The molecule has 4 nitrogen and oxygen atoms in total. The second kappa shape index (κ2) is 6.54. The van der Waals surface area contributed by atoms with Gasteiger partial charge in [-0.2, -0.15) is 0 Å². The van der Waals surface area contributed by atoms with Crippen LogP contribution in [0.15, 0.2) is 24.3 Å². The van der Waals surface area contributed by atoms with Crippen molar-refractivity contribution in [3.8, 4) is 0 Å². The fourth-order valence-electron chi connectivity index (χ4n) is 3.06. The Morgan fingerprint density at radius 2 is 1.87 bits per heavy atom. The zero-order chi connectivity index (χ0) is 16.4. The standard InChI is InChI=1S/C18H19NO3S/c1-11-7-5-6-8-12(11)16(20)19-17-15(18(21)22)13-9-3-2-4-10-14(13)23-17/h5-8H,2-4,9-10H2,1H3,(H,19,20)(H,21,22). The molecule has 0 fully saturated rings. The lowest BCUT2D eigenvalue weighted by Crippen LogP contribution is -2.15. The van der Waals surface area contributed by atoms with Gasteiger partial charge < -0.3 is 10.4 Å². The van der Waals surface area contributed by atoms with Crippen molar-refractivity contribution >= 4 is 28.2 Å². The lowest BCUT2D eigenvalue weighted by molar-refractivity contribution is 0.0697. The molecule has 1 aliphatic carbocycles. The van der Waals surface area contributed by atoms with Gasteiger partial charge in [-0.05, 0) is 49.8 Å². The first-order chi connectivity index (χ1) is 11.1. The maximum Gasteiger partial charge on any atom is 0.339 e. The van der Waals surface area contributed by atoms with Crippen LogP contribution in [0.3, 0.4) is 0 Å². The number of carbonyl (C=O) groups is 2. The summed E-state index contributed by atoms with van der Waals surface area (Å²) in [5.74, 6) is -1.20. The van der Waals surface area contributed by atoms with Crippen molar-refractivity contribution in [1.82, 2.24) is 0 Å². The van der Waals surface area contributed by atoms with Crippen LogP contribution < -0.4 is 5.32 Å². The second-order valence-corrected chi connectivity index (χ2v) is 6.95. The van der Waals surface area contributed by atoms with E-state index in [2.05, 4.69) is 5.32 Å². The van der Waals surface area contributed by atoms with Crippen LogP contribution in [0.25, 0.3) is 0 Å². The number of aromatic carboxylic acids is 1. The van der Waals surface area contributed by atoms with Gasteiger partial charge in [-0.3, -0.25) is 4.79 Å². The molecule has 23 heavy (non-hydrogen) atoms. The van der Waals surface area contributed by atoms with Gasteiger partial charge in [-0.25, -0.2) is 4.79 Å². The Morgan fingerprint density at radius 3 is 2.61 bits per heavy atom. The SMILES string of the molecule is Cc1ccccc1C(=O)Nc1sc2c(c1C(=O)O)CCCCC2. The van der Waals surface area contributed by atoms with E-state index >= 15 is 0 Å². The number of anilines is 1. The lowest BCUT2D eigenvalue weighted by Gasteiger charge is -2.07. The number of carbonyl (C=O) groups excluding carboxylic acids is 1. The summed E-state index contributed by atoms with van der Waals surface area (Å²) < 4.78 is 0. The molecule has 2 N–H and O–H groups in total. The minimum atomic E-state index is -0.954. The van der Waals surface area contributed by atoms with Gasteiger partial charge >= 0.3 is 5.97 Å². The van der Waals surface area contributed by atoms with Crippen LogP contribution in [0.1, 0.15) is 56.0 Å². The summed E-state index contributed by atoms with van der Waals surface area (Å²) in [7, 11) is 0. The van der Waals surface area contributed by atoms with Gasteiger partial charge in [0.1, 0.15) is 5.00 Å². The Balaban J connectivity index is 1.95. The molecule has 0 saturated carbocycles. The van der Waals surface area contributed by atoms with Gasteiger partial charge in [0, 0.05) is 10.4 Å². The maximum atomic E-state index is 12.5. The first kappa shape index (κ1) is 15.7. The van der Waals surface area contributed by atoms with E-state index in [4.69, 9.17) is 0 Å². The highest BCUT2D eigenvalue weighted by atomic mass is 32.1. The predicted molar refractivity (Wildman–Crippen MR) is 91.7 cm³/mol. The van der Waals surface area contributed by atoms with Crippen LogP contribution in [0, 0.1) is 6.92 Å². The minimum Gasteiger partial charge on any atom is -0.478 e. The topological polar surface area (TPSA) is 66.4 Å². The number of hydrogen-bond donors (Lipinski definition) is 2. The van der Waals surface area contributed by atoms with Gasteiger partial charge in [-0.1, -0.05) is 24.6 Å². The van der Waals surface area contributed by atoms with Crippen LogP contribution in [-0.4, -0.2) is 17.0 Å². The molecule has 0 spiro atoms. The van der Waals surface area contributed by atoms with Gasteiger partial charge in [0.15, 0.2) is 0 Å². The monoisotopic (exact) mass is 329 g/mol. The number of hydrogen-bond acceptors (Lipinski definition) is 3. The highest BCUT2D eigenvalue weighted by Crippen LogP contribution is 2.37. The van der Waals surface area contributed by atoms with Crippen molar-refractivity contribution in [3.63, 3.8) is 0 Å². The average molecular weight is 329 g/mol. The third-order valence-electron chi connectivity index (χ3n) is 4.25. The van der Waals surface area contributed by atoms with E-state index in [9.17, 15) is 14.7 Å². The molecule has 1 aromatic carbocycles. The highest BCUT2D eigenvalue weighted by molar-refractivity contribution is 7.17. The Bertz CT molecular complexity index is 764. The molecule has 1 amide bonds. The van der Waals surface area contributed by atoms with Crippen molar-refractivity contribution in [2.24, 2.45) is 0 Å². The summed E-state index contributed by atoms with van der Waals surface area (Å²) in [6, 6.07) is 7.31. The summed E-state index contributed by atoms with van der Waals surface area (Å²) in [6.45, 7) is 1.87. The number of carboxylic acid groups (broad SMARTS) is 1. The number of rotatable bonds is 3. The van der Waals surface area contributed by atoms with Crippen LogP contribution in [0.5, 0.6) is 0 Å². The molecule has 120 valence electrons. The Hall–Kier alpha value is -2.14. The van der Waals surface area contributed by atoms with Crippen molar-refractivity contribution in [2.75, 3.05) is 5.32 Å². The van der Waals surface area contributed by atoms with E-state index in [1.165, 1.54) is 11.3 Å². The first-order valence-electron chi connectivity index (χ1n) is 7.82. The first-order valence-corrected chi connectivity index (χ1v) is 8.64. The van der Waals surface area contributed by atoms with Crippen LogP contribution in [0.2, 0.25) is 0 Å². The largest absolute Gasteiger partial charge is 0.478 e. The molecule has 0 radical (unpaired) electrons. The van der Waals surface area contributed by atoms with Gasteiger partial charge in [0.2, 0.25) is 0 Å². The summed E-state index contributed by atoms with van der Waals surface area (Å²) in [5, 5.41) is 12.9. The fraction of sp³-hybridized carbons (Fsp3) is 0.333. The summed E-state index contributed by atoms with van der Waals surface area (Å²) >= 11 is 1.42. The van der Waals surface area contributed by atoms with E-state index in [1.54, 1.807) is 6.07 Å². The van der Waals surface area contributed by atoms with E-state index in [0.29, 0.717) is 10.6 Å². The molecule has 5 heteroatoms. The van der Waals surface area contributed by atoms with Crippen molar-refractivity contribution in [1.29, 1.82) is 0 Å². The zero-order valence-electron chi connectivity index (χ0n) is 13.0. The number of thiophene rings is 1. The number of fused-ring (bicyclic) bond motifs is 1. The number of amides is 1. The van der Waals surface area contributed by atoms with E-state index in [0.717, 1.165) is 48.1 Å². The molecule has 0 bridgehead atoms. The maximum absolute atomic E-state index is 12.5. The molecular weight excluding hydrogens is 310 g/mol. The van der Waals surface area contributed by atoms with Gasteiger partial charge in [-0.15, -0.1) is 11.3 Å². The normalized spacial score (nSPS) is 14.0. The predicted octanol–water partition coefficient (Wildman–Crippen LogP) is 4.28. The number of benzene rings is 1. The quantitative estimate of drug-likeness (QED) is 0.826. The van der Waals surface area contributed by atoms with Crippen molar-refractivity contribution in [2.45, 2.75) is 39.0 Å². The van der Waals surface area contributed by atoms with E-state index < -0.39 is 5.97 Å². The van der Waals surface area contributed by atoms with Crippen molar-refractivity contribution < 1.29 is 14.7 Å². The Kier molecular flexibility index (Phi) is 4.48. The van der Waals surface area contributed by atoms with Crippen LogP contribution in [0.4, 0.5) is 5.00 Å². The molecule has 2 aromatic rings. The molecule has 0 unspecified atom stereocenters. The van der Waals surface area contributed by atoms with Gasteiger partial charge in [0.05, 0.1) is 5.56 Å². The average Bonchev–Trinajstić information content (AvgIpc) is 2.69. The molecular formula is C18H19NO3S. The van der Waals surface area contributed by atoms with Crippen LogP contribution >= 0.6 is 11.3 Å². The van der Waals surface area contributed by atoms with E-state index in [1.807, 2.05) is 25.1 Å². The molecule has 1 heterocycles. The lowest BCUT2D eigenvalue weighted by atomic mass is 10.1. The highest BCUT2D eigenvalue weighted by Gasteiger charge is 2.25. The molecule has 0 atom stereocenters. The third-order valence-corrected chi connectivity index (χ3v) is 5.46. The molecule has 1 aliphatic rings. The van der Waals surface area contributed by atoms with Gasteiger partial charge in [0.25, 0.3) is 5.91 Å². The van der Waals surface area contributed by atoms with Crippen molar-refractivity contribution in [3.05, 3.63) is 51.4 Å². The Morgan fingerprint density at radius 1 is 1.13 bits per heavy atom. The molecule has 3 rings (SSSR count). The summed E-state index contributed by atoms with van der Waals surface area (Å²) in [5.41, 5.74) is 2.65. The number of aryl methyl sites for hydroxylation is 2. The zero-order valence-corrected chi connectivity index (χ0v) is 13.8. The number of nitrogens with one attached hydrogen (secondary N) is 1. The molecule has 1 aromatic heterocycles. The minimum absolute atomic E-state index is 0.248. The Labute approximate surface area is 139 Å². The summed E-state index contributed by atoms with van der Waals surface area (Å²) in [4.78, 5) is 25.3. The number of carboxylic acids is 1. The molecule has 0 saturated heterocycles. The van der Waals surface area contributed by atoms with E-state index in [-0.39, 0.29) is 11.5 Å². The molecule has 0 aliphatic heterocycles. The smallest absolute Gasteiger partial charge is 0.339 e. The summed E-state index contributed by atoms with van der Waals surface area (Å²) in [6.07, 6.45) is 4.91. The fourth-order valence-corrected chi connectivity index (χ4v) is 4.33. The van der Waals surface area contributed by atoms with Crippen LogP contribution in [-0.2, 0) is 12.8 Å².